The molecule has 0 aliphatic carbocycles. The first-order chi connectivity index (χ1) is 22.9. The van der Waals surface area contributed by atoms with Gasteiger partial charge in [-0.2, -0.15) is 0 Å². The smallest absolute Gasteiger partial charge is 0.311 e. The molecule has 5 rings (SSSR count). The minimum Gasteiger partial charge on any atom is -0.481 e. The number of carboxylic acid groups (broad SMARTS) is 1. The summed E-state index contributed by atoms with van der Waals surface area (Å²) in [6, 6.07) is 21.8. The zero-order chi connectivity index (χ0) is 34.5. The van der Waals surface area contributed by atoms with Gasteiger partial charge in [-0.15, -0.1) is 0 Å². The number of halogens is 2. The topological polar surface area (TPSA) is 169 Å². The molecule has 14 heteroatoms. The van der Waals surface area contributed by atoms with Crippen LogP contribution in [0, 0.1) is 16.0 Å². The highest BCUT2D eigenvalue weighted by Gasteiger charge is 2.47. The lowest BCUT2D eigenvalue weighted by Gasteiger charge is -2.37. The second-order valence-corrected chi connectivity index (χ2v) is 12.0. The molecule has 1 aliphatic heterocycles. The number of nitrogens with zero attached hydrogens (tertiary/aromatic N) is 2. The van der Waals surface area contributed by atoms with E-state index in [1.165, 1.54) is 23.1 Å². The Kier molecular flexibility index (Phi) is 10.5. The second kappa shape index (κ2) is 14.7. The molecule has 4 unspecified atom stereocenters. The number of para-hydroxylation sites is 1. The van der Waals surface area contributed by atoms with Gasteiger partial charge in [-0.25, -0.2) is 0 Å². The largest absolute Gasteiger partial charge is 0.481 e. The third-order valence-electron chi connectivity index (χ3n) is 8.17. The van der Waals surface area contributed by atoms with Crippen molar-refractivity contribution in [2.45, 2.75) is 44.4 Å². The molecule has 4 aromatic rings. The van der Waals surface area contributed by atoms with Crippen molar-refractivity contribution in [3.63, 3.8) is 0 Å². The maximum absolute atomic E-state index is 14.2. The fourth-order valence-electron chi connectivity index (χ4n) is 5.61. The number of hydrogen-bond acceptors (Lipinski definition) is 8. The molecule has 12 nitrogen and oxygen atoms in total. The van der Waals surface area contributed by atoms with Crippen LogP contribution in [0.15, 0.2) is 89.3 Å². The van der Waals surface area contributed by atoms with Crippen molar-refractivity contribution in [1.82, 2.24) is 4.90 Å². The Bertz CT molecular complexity index is 1850. The number of rotatable bonds is 12. The summed E-state index contributed by atoms with van der Waals surface area (Å²) in [5.41, 5.74) is 1.44. The first kappa shape index (κ1) is 34.1. The summed E-state index contributed by atoms with van der Waals surface area (Å²) in [6.07, 6.45) is -1.97. The van der Waals surface area contributed by atoms with Crippen LogP contribution < -0.4 is 5.32 Å². The summed E-state index contributed by atoms with van der Waals surface area (Å²) in [5, 5.41) is 24.4. The first-order valence-corrected chi connectivity index (χ1v) is 15.5. The van der Waals surface area contributed by atoms with Crippen LogP contribution in [0.5, 0.6) is 0 Å². The second-order valence-electron chi connectivity index (χ2n) is 11.2. The highest BCUT2D eigenvalue weighted by molar-refractivity contribution is 6.42. The van der Waals surface area contributed by atoms with Crippen LogP contribution in [-0.2, 0) is 32.1 Å². The van der Waals surface area contributed by atoms with Crippen molar-refractivity contribution in [2.75, 3.05) is 5.32 Å². The normalized spacial score (nSPS) is 16.9. The minimum atomic E-state index is -1.61. The van der Waals surface area contributed by atoms with E-state index < -0.39 is 59.1 Å². The molecule has 3 aromatic carbocycles. The van der Waals surface area contributed by atoms with Gasteiger partial charge in [0.2, 0.25) is 0 Å². The number of carbonyl (C=O) groups excluding carboxylic acids is 3. The lowest BCUT2D eigenvalue weighted by Crippen LogP contribution is -2.49. The van der Waals surface area contributed by atoms with E-state index in [4.69, 9.17) is 32.4 Å². The zero-order valence-electron chi connectivity index (χ0n) is 25.4. The fourth-order valence-corrected chi connectivity index (χ4v) is 5.99. The van der Waals surface area contributed by atoms with E-state index in [1.807, 2.05) is 6.07 Å². The number of furan rings is 1. The van der Waals surface area contributed by atoms with Gasteiger partial charge in [0.1, 0.15) is 11.7 Å². The lowest BCUT2D eigenvalue weighted by molar-refractivity contribution is -0.384. The Morgan fingerprint density at radius 3 is 2.40 bits per heavy atom. The Hall–Kier alpha value is -5.20. The molecule has 248 valence electrons. The summed E-state index contributed by atoms with van der Waals surface area (Å²) in [5.74, 6) is -5.09. The van der Waals surface area contributed by atoms with Crippen LogP contribution in [0.3, 0.4) is 0 Å². The number of anilines is 1. The summed E-state index contributed by atoms with van der Waals surface area (Å²) >= 11 is 12.8. The van der Waals surface area contributed by atoms with Crippen molar-refractivity contribution in [1.29, 1.82) is 0 Å². The Morgan fingerprint density at radius 2 is 1.73 bits per heavy atom. The molecule has 0 spiro atoms. The molecule has 2 N–H and O–H groups in total. The van der Waals surface area contributed by atoms with Crippen molar-refractivity contribution < 1.29 is 38.4 Å². The molecule has 0 bridgehead atoms. The van der Waals surface area contributed by atoms with Gasteiger partial charge in [-0.3, -0.25) is 29.3 Å². The van der Waals surface area contributed by atoms with E-state index in [0.29, 0.717) is 22.6 Å². The van der Waals surface area contributed by atoms with Gasteiger partial charge in [0, 0.05) is 42.7 Å². The molecular weight excluding hydrogens is 665 g/mol. The molecule has 1 fully saturated rings. The number of carbonyl (C=O) groups is 4. The summed E-state index contributed by atoms with van der Waals surface area (Å²) in [4.78, 5) is 63.5. The van der Waals surface area contributed by atoms with Gasteiger partial charge in [0.15, 0.2) is 11.9 Å². The quantitative estimate of drug-likeness (QED) is 0.0954. The number of amides is 2. The van der Waals surface area contributed by atoms with E-state index in [0.717, 1.165) is 0 Å². The average Bonchev–Trinajstić information content (AvgIpc) is 3.71. The Balaban J connectivity index is 1.52. The number of benzene rings is 3. The number of esters is 1. The molecule has 1 aliphatic rings. The van der Waals surface area contributed by atoms with Gasteiger partial charge >= 0.3 is 11.9 Å². The number of nitrogens with one attached hydrogen (secondary N) is 1. The standard InChI is InChI=1S/C34H29Cl2N3O9/c1-19(38(18-21-6-5-9-27(35)30(21)36)33(42)31-26(34(43)44)17-29(40)48-31)25(20-10-12-23(13-11-20)39(45)46)16-24-14-15-28(47-24)32(41)37-22-7-3-2-4-8-22/h2-15,19,25-26,31H,16-18H2,1H3,(H,37,41)(H,43,44). The number of nitro benzene ring substituents is 1. The maximum atomic E-state index is 14.2. The number of hydrogen-bond donors (Lipinski definition) is 2. The van der Waals surface area contributed by atoms with Crippen molar-refractivity contribution >= 4 is 58.3 Å². The molecule has 4 atom stereocenters. The SMILES string of the molecule is CC(C(Cc1ccc(C(=O)Nc2ccccc2)o1)c1ccc([N+](=O)[O-])cc1)N(Cc1cccc(Cl)c1Cl)C(=O)C1OC(=O)CC1C(=O)O. The first-order valence-electron chi connectivity index (χ1n) is 14.8. The highest BCUT2D eigenvalue weighted by atomic mass is 35.5. The highest BCUT2D eigenvalue weighted by Crippen LogP contribution is 2.35. The number of non-ortho nitro benzene ring substituents is 1. The van der Waals surface area contributed by atoms with E-state index >= 15 is 0 Å². The molecule has 1 aromatic heterocycles. The maximum Gasteiger partial charge on any atom is 0.311 e. The minimum absolute atomic E-state index is 0.0322. The van der Waals surface area contributed by atoms with E-state index in [1.54, 1.807) is 67.6 Å². The lowest BCUT2D eigenvalue weighted by atomic mass is 9.86. The third kappa shape index (κ3) is 7.67. The number of carboxylic acids is 1. The number of nitro groups is 1. The van der Waals surface area contributed by atoms with Crippen molar-refractivity contribution in [2.24, 2.45) is 5.92 Å². The molecule has 48 heavy (non-hydrogen) atoms. The van der Waals surface area contributed by atoms with E-state index in [-0.39, 0.29) is 34.5 Å². The van der Waals surface area contributed by atoms with Crippen LogP contribution in [0.25, 0.3) is 0 Å². The van der Waals surface area contributed by atoms with Gasteiger partial charge in [-0.05, 0) is 48.4 Å². The number of cyclic esters (lactones) is 1. The van der Waals surface area contributed by atoms with Gasteiger partial charge in [0.05, 0.1) is 21.4 Å². The molecule has 2 amide bonds. The zero-order valence-corrected chi connectivity index (χ0v) is 26.9. The summed E-state index contributed by atoms with van der Waals surface area (Å²) in [6.45, 7) is 1.56. The predicted octanol–water partition coefficient (Wildman–Crippen LogP) is 6.51. The van der Waals surface area contributed by atoms with Crippen LogP contribution in [-0.4, -0.2) is 50.8 Å². The monoisotopic (exact) mass is 693 g/mol. The molecule has 1 saturated heterocycles. The summed E-state index contributed by atoms with van der Waals surface area (Å²) in [7, 11) is 0. The van der Waals surface area contributed by atoms with E-state index in [9.17, 15) is 34.4 Å². The van der Waals surface area contributed by atoms with Crippen LogP contribution in [0.2, 0.25) is 10.0 Å². The van der Waals surface area contributed by atoms with Gasteiger partial charge in [0.25, 0.3) is 17.5 Å². The molecule has 0 radical (unpaired) electrons. The predicted molar refractivity (Wildman–Crippen MR) is 175 cm³/mol. The van der Waals surface area contributed by atoms with Crippen molar-refractivity contribution in [3.05, 3.63) is 128 Å². The molecular formula is C34H29Cl2N3O9. The fraction of sp³-hybridized carbons (Fsp3) is 0.235. The van der Waals surface area contributed by atoms with Crippen LogP contribution in [0.1, 0.15) is 46.7 Å². The molecule has 2 heterocycles. The van der Waals surface area contributed by atoms with E-state index in [2.05, 4.69) is 5.32 Å². The Morgan fingerprint density at radius 1 is 1.02 bits per heavy atom. The summed E-state index contributed by atoms with van der Waals surface area (Å²) < 4.78 is 11.2. The van der Waals surface area contributed by atoms with Gasteiger partial charge in [-0.1, -0.05) is 65.7 Å². The average molecular weight is 695 g/mol. The van der Waals surface area contributed by atoms with Crippen LogP contribution >= 0.6 is 23.2 Å². The van der Waals surface area contributed by atoms with Crippen LogP contribution in [0.4, 0.5) is 11.4 Å². The number of aliphatic carboxylic acids is 1. The van der Waals surface area contributed by atoms with Gasteiger partial charge < -0.3 is 24.5 Å². The molecule has 0 saturated carbocycles. The Labute approximate surface area is 284 Å². The number of ether oxygens (including phenoxy) is 1. The van der Waals surface area contributed by atoms with Crippen molar-refractivity contribution in [3.8, 4) is 0 Å². The third-order valence-corrected chi connectivity index (χ3v) is 9.03.